The normalized spacial score (nSPS) is 18.5. The van der Waals surface area contributed by atoms with E-state index in [9.17, 15) is 13.2 Å². The Kier molecular flexibility index (Phi) is 8.77. The van der Waals surface area contributed by atoms with Crippen molar-refractivity contribution in [1.29, 1.82) is 0 Å². The van der Waals surface area contributed by atoms with Gasteiger partial charge in [-0.2, -0.15) is 0 Å². The number of carbonyl (C=O) groups is 1. The van der Waals surface area contributed by atoms with E-state index in [1.807, 2.05) is 11.8 Å². The maximum absolute atomic E-state index is 13.4. The third-order valence-corrected chi connectivity index (χ3v) is 9.10. The van der Waals surface area contributed by atoms with Gasteiger partial charge >= 0.3 is 0 Å². The minimum atomic E-state index is -2.92. The maximum atomic E-state index is 13.4. The van der Waals surface area contributed by atoms with Crippen LogP contribution in [0.4, 0.5) is 5.82 Å². The van der Waals surface area contributed by atoms with E-state index in [0.29, 0.717) is 42.9 Å². The number of rotatable bonds is 7. The molecule has 8 nitrogen and oxygen atoms in total. The standard InChI is InChI=1S/C29H43N5O3S/c1-21-26(31-20-32-27(21)30-18-22-6-8-24(9-7-22)29(2,3)4)28(35)34-16-12-25(13-17-34)33-14-10-23(11-15-33)19-38(5,36)37/h6-9,20,23,25H,10-19H2,1-5H3,(H,30,31,32). The SMILES string of the molecule is Cc1c(NCc2ccc(C(C)(C)C)cc2)ncnc1C(=O)N1CCC(N2CCC(CS(C)(=O)=O)CC2)CC1. The molecule has 0 unspecified atom stereocenters. The van der Waals surface area contributed by atoms with Gasteiger partial charge in [-0.15, -0.1) is 0 Å². The zero-order valence-electron chi connectivity index (χ0n) is 23.5. The van der Waals surface area contributed by atoms with Gasteiger partial charge in [0.05, 0.1) is 5.75 Å². The zero-order chi connectivity index (χ0) is 27.5. The lowest BCUT2D eigenvalue weighted by Gasteiger charge is -2.41. The Morgan fingerprint density at radius 2 is 1.63 bits per heavy atom. The van der Waals surface area contributed by atoms with Crippen LogP contribution in [0.5, 0.6) is 0 Å². The number of carbonyl (C=O) groups excluding carboxylic acids is 1. The lowest BCUT2D eigenvalue weighted by Crippen LogP contribution is -2.49. The van der Waals surface area contributed by atoms with Crippen LogP contribution in [0.2, 0.25) is 0 Å². The Balaban J connectivity index is 1.30. The van der Waals surface area contributed by atoms with Crippen molar-refractivity contribution in [2.24, 2.45) is 5.92 Å². The Hall–Kier alpha value is -2.52. The highest BCUT2D eigenvalue weighted by molar-refractivity contribution is 7.90. The van der Waals surface area contributed by atoms with Crippen LogP contribution in [0, 0.1) is 12.8 Å². The predicted octanol–water partition coefficient (Wildman–Crippen LogP) is 4.06. The molecule has 4 rings (SSSR count). The molecular formula is C29H43N5O3S. The average molecular weight is 542 g/mol. The molecule has 0 atom stereocenters. The van der Waals surface area contributed by atoms with Crippen molar-refractivity contribution in [1.82, 2.24) is 19.8 Å². The van der Waals surface area contributed by atoms with Gasteiger partial charge in [-0.25, -0.2) is 18.4 Å². The highest BCUT2D eigenvalue weighted by Crippen LogP contribution is 2.26. The molecule has 2 saturated heterocycles. The molecule has 38 heavy (non-hydrogen) atoms. The topological polar surface area (TPSA) is 95.5 Å². The molecule has 1 aromatic heterocycles. The average Bonchev–Trinajstić information content (AvgIpc) is 2.87. The Morgan fingerprint density at radius 1 is 1.00 bits per heavy atom. The van der Waals surface area contributed by atoms with Crippen LogP contribution >= 0.6 is 0 Å². The minimum absolute atomic E-state index is 0.0345. The van der Waals surface area contributed by atoms with Gasteiger partial charge in [0.15, 0.2) is 0 Å². The fourth-order valence-corrected chi connectivity index (χ4v) is 6.84. The van der Waals surface area contributed by atoms with Crippen LogP contribution in [-0.2, 0) is 21.8 Å². The number of anilines is 1. The molecule has 0 bridgehead atoms. The summed E-state index contributed by atoms with van der Waals surface area (Å²) in [5.41, 5.74) is 3.82. The molecule has 2 fully saturated rings. The van der Waals surface area contributed by atoms with Gasteiger partial charge in [0.25, 0.3) is 5.91 Å². The number of hydrogen-bond donors (Lipinski definition) is 1. The molecule has 9 heteroatoms. The summed E-state index contributed by atoms with van der Waals surface area (Å²) in [6.07, 6.45) is 6.53. The number of amides is 1. The van der Waals surface area contributed by atoms with Gasteiger partial charge in [-0.3, -0.25) is 4.79 Å². The lowest BCUT2D eigenvalue weighted by atomic mass is 9.87. The third kappa shape index (κ3) is 7.32. The van der Waals surface area contributed by atoms with Crippen molar-refractivity contribution in [3.05, 3.63) is 53.0 Å². The number of nitrogens with one attached hydrogen (secondary N) is 1. The molecule has 2 aliphatic rings. The molecule has 3 heterocycles. The Labute approximate surface area is 228 Å². The first kappa shape index (κ1) is 28.5. The van der Waals surface area contributed by atoms with Crippen molar-refractivity contribution >= 4 is 21.6 Å². The number of nitrogens with zero attached hydrogens (tertiary/aromatic N) is 4. The van der Waals surface area contributed by atoms with Crippen LogP contribution < -0.4 is 5.32 Å². The lowest BCUT2D eigenvalue weighted by molar-refractivity contribution is 0.0556. The second-order valence-corrected chi connectivity index (χ2v) is 14.3. The van der Waals surface area contributed by atoms with Crippen molar-refractivity contribution < 1.29 is 13.2 Å². The van der Waals surface area contributed by atoms with Gasteiger partial charge in [0.1, 0.15) is 27.7 Å². The Bertz CT molecular complexity index is 1210. The van der Waals surface area contributed by atoms with E-state index in [0.717, 1.165) is 49.9 Å². The van der Waals surface area contributed by atoms with Gasteiger partial charge in [-0.1, -0.05) is 45.0 Å². The maximum Gasteiger partial charge on any atom is 0.272 e. The monoisotopic (exact) mass is 541 g/mol. The second kappa shape index (κ2) is 11.7. The molecule has 1 N–H and O–H groups in total. The van der Waals surface area contributed by atoms with E-state index < -0.39 is 9.84 Å². The fourth-order valence-electron chi connectivity index (χ4n) is 5.65. The van der Waals surface area contributed by atoms with Crippen LogP contribution in [-0.4, -0.2) is 78.3 Å². The summed E-state index contributed by atoms with van der Waals surface area (Å²) < 4.78 is 23.2. The molecule has 2 aliphatic heterocycles. The first-order chi connectivity index (χ1) is 17.9. The summed E-state index contributed by atoms with van der Waals surface area (Å²) in [6, 6.07) is 9.05. The largest absolute Gasteiger partial charge is 0.366 e. The minimum Gasteiger partial charge on any atom is -0.366 e. The van der Waals surface area contributed by atoms with E-state index in [-0.39, 0.29) is 17.2 Å². The summed E-state index contributed by atoms with van der Waals surface area (Å²) in [6.45, 7) is 12.5. The van der Waals surface area contributed by atoms with E-state index >= 15 is 0 Å². The van der Waals surface area contributed by atoms with E-state index in [1.54, 1.807) is 0 Å². The smallest absolute Gasteiger partial charge is 0.272 e. The van der Waals surface area contributed by atoms with Crippen molar-refractivity contribution in [3.63, 3.8) is 0 Å². The summed E-state index contributed by atoms with van der Waals surface area (Å²) in [5, 5.41) is 3.39. The highest BCUT2D eigenvalue weighted by atomic mass is 32.2. The predicted molar refractivity (Wildman–Crippen MR) is 152 cm³/mol. The summed E-state index contributed by atoms with van der Waals surface area (Å²) in [5.74, 6) is 1.23. The second-order valence-electron chi connectivity index (χ2n) is 12.1. The zero-order valence-corrected chi connectivity index (χ0v) is 24.4. The first-order valence-corrected chi connectivity index (χ1v) is 15.8. The molecule has 2 aromatic rings. The molecule has 208 valence electrons. The van der Waals surface area contributed by atoms with Crippen LogP contribution in [0.1, 0.15) is 73.6 Å². The molecule has 0 spiro atoms. The first-order valence-electron chi connectivity index (χ1n) is 13.8. The summed E-state index contributed by atoms with van der Waals surface area (Å²) in [4.78, 5) is 26.5. The number of sulfone groups is 1. The molecule has 1 aromatic carbocycles. The van der Waals surface area contributed by atoms with Crippen molar-refractivity contribution in [3.8, 4) is 0 Å². The van der Waals surface area contributed by atoms with Gasteiger partial charge in [0.2, 0.25) is 0 Å². The van der Waals surface area contributed by atoms with E-state index in [2.05, 4.69) is 65.2 Å². The van der Waals surface area contributed by atoms with Crippen LogP contribution in [0.3, 0.4) is 0 Å². The number of hydrogen-bond acceptors (Lipinski definition) is 7. The van der Waals surface area contributed by atoms with Gasteiger partial charge in [-0.05, 0) is 68.2 Å². The number of aromatic nitrogens is 2. The van der Waals surface area contributed by atoms with E-state index in [1.165, 1.54) is 18.1 Å². The van der Waals surface area contributed by atoms with Gasteiger partial charge < -0.3 is 15.1 Å². The summed E-state index contributed by atoms with van der Waals surface area (Å²) >= 11 is 0. The molecule has 0 aliphatic carbocycles. The number of piperidine rings is 2. The highest BCUT2D eigenvalue weighted by Gasteiger charge is 2.31. The van der Waals surface area contributed by atoms with Crippen LogP contribution in [0.25, 0.3) is 0 Å². The Morgan fingerprint density at radius 3 is 2.21 bits per heavy atom. The molecule has 1 amide bonds. The van der Waals surface area contributed by atoms with Crippen LogP contribution in [0.15, 0.2) is 30.6 Å². The van der Waals surface area contributed by atoms with Crippen molar-refractivity contribution in [2.45, 2.75) is 71.4 Å². The summed E-state index contributed by atoms with van der Waals surface area (Å²) in [7, 11) is -2.92. The molecular weight excluding hydrogens is 498 g/mol. The quantitative estimate of drug-likeness (QED) is 0.565. The number of benzene rings is 1. The van der Waals surface area contributed by atoms with E-state index in [4.69, 9.17) is 0 Å². The van der Waals surface area contributed by atoms with Crippen molar-refractivity contribution in [2.75, 3.05) is 43.5 Å². The fraction of sp³-hybridized carbons (Fsp3) is 0.621. The molecule has 0 radical (unpaired) electrons. The third-order valence-electron chi connectivity index (χ3n) is 8.02. The number of likely N-dealkylation sites (tertiary alicyclic amines) is 2. The molecule has 0 saturated carbocycles. The van der Waals surface area contributed by atoms with Gasteiger partial charge in [0, 0.05) is 37.5 Å².